The lowest BCUT2D eigenvalue weighted by molar-refractivity contribution is 0.0650. The molecule has 0 saturated carbocycles. The Morgan fingerprint density at radius 1 is 1.44 bits per heavy atom. The summed E-state index contributed by atoms with van der Waals surface area (Å²) in [5.41, 5.74) is -0.196. The summed E-state index contributed by atoms with van der Waals surface area (Å²) in [7, 11) is 0. The van der Waals surface area contributed by atoms with Crippen LogP contribution in [0.2, 0.25) is 0 Å². The standard InChI is InChI=1S/C12H14F2N2O.ClH/c1-8-7-15-5-6-16(8)12(17)9-3-2-4-10(13)11(9)14;/h2-4,8,15H,5-7H2,1H3;1H. The molecule has 0 bridgehead atoms. The van der Waals surface area contributed by atoms with Gasteiger partial charge in [-0.3, -0.25) is 4.79 Å². The Balaban J connectivity index is 0.00000162. The summed E-state index contributed by atoms with van der Waals surface area (Å²) in [5, 5.41) is 3.14. The fourth-order valence-corrected chi connectivity index (χ4v) is 1.97. The number of rotatable bonds is 1. The Morgan fingerprint density at radius 2 is 2.17 bits per heavy atom. The smallest absolute Gasteiger partial charge is 0.257 e. The molecule has 1 aliphatic rings. The number of nitrogens with one attached hydrogen (secondary N) is 1. The summed E-state index contributed by atoms with van der Waals surface area (Å²) in [6, 6.07) is 3.65. The van der Waals surface area contributed by atoms with Gasteiger partial charge in [-0.15, -0.1) is 12.4 Å². The molecule has 1 atom stereocenters. The molecule has 18 heavy (non-hydrogen) atoms. The van der Waals surface area contributed by atoms with Gasteiger partial charge in [0.2, 0.25) is 0 Å². The van der Waals surface area contributed by atoms with Gasteiger partial charge in [0.25, 0.3) is 5.91 Å². The van der Waals surface area contributed by atoms with Crippen molar-refractivity contribution in [3.63, 3.8) is 0 Å². The van der Waals surface area contributed by atoms with Crippen molar-refractivity contribution in [2.24, 2.45) is 0 Å². The molecule has 0 spiro atoms. The molecule has 1 unspecified atom stereocenters. The Bertz CT molecular complexity index is 442. The highest BCUT2D eigenvalue weighted by molar-refractivity contribution is 5.94. The van der Waals surface area contributed by atoms with E-state index in [-0.39, 0.29) is 24.0 Å². The van der Waals surface area contributed by atoms with Crippen molar-refractivity contribution < 1.29 is 13.6 Å². The molecule has 1 aromatic rings. The molecule has 2 rings (SSSR count). The predicted molar refractivity (Wildman–Crippen MR) is 67.0 cm³/mol. The van der Waals surface area contributed by atoms with E-state index in [4.69, 9.17) is 0 Å². The van der Waals surface area contributed by atoms with Crippen molar-refractivity contribution in [3.8, 4) is 0 Å². The zero-order chi connectivity index (χ0) is 12.4. The monoisotopic (exact) mass is 276 g/mol. The van der Waals surface area contributed by atoms with Crippen molar-refractivity contribution in [3.05, 3.63) is 35.4 Å². The quantitative estimate of drug-likeness (QED) is 0.849. The van der Waals surface area contributed by atoms with Gasteiger partial charge in [0.05, 0.1) is 5.56 Å². The van der Waals surface area contributed by atoms with Gasteiger partial charge in [0.1, 0.15) is 0 Å². The summed E-state index contributed by atoms with van der Waals surface area (Å²) < 4.78 is 26.5. The average Bonchev–Trinajstić information content (AvgIpc) is 2.32. The van der Waals surface area contributed by atoms with Crippen LogP contribution in [0.25, 0.3) is 0 Å². The van der Waals surface area contributed by atoms with E-state index >= 15 is 0 Å². The van der Waals surface area contributed by atoms with E-state index in [2.05, 4.69) is 5.32 Å². The number of carbonyl (C=O) groups excluding carboxylic acids is 1. The largest absolute Gasteiger partial charge is 0.333 e. The normalized spacial score (nSPS) is 19.3. The molecule has 0 aromatic heterocycles. The maximum atomic E-state index is 13.5. The van der Waals surface area contributed by atoms with Crippen LogP contribution in [0, 0.1) is 11.6 Å². The van der Waals surface area contributed by atoms with Crippen LogP contribution >= 0.6 is 12.4 Å². The highest BCUT2D eigenvalue weighted by atomic mass is 35.5. The number of hydrogen-bond donors (Lipinski definition) is 1. The van der Waals surface area contributed by atoms with Crippen molar-refractivity contribution in [1.82, 2.24) is 10.2 Å². The van der Waals surface area contributed by atoms with Crippen molar-refractivity contribution in [2.75, 3.05) is 19.6 Å². The molecule has 1 heterocycles. The van der Waals surface area contributed by atoms with Gasteiger partial charge < -0.3 is 10.2 Å². The lowest BCUT2D eigenvalue weighted by atomic mass is 10.1. The van der Waals surface area contributed by atoms with Crippen LogP contribution < -0.4 is 5.32 Å². The lowest BCUT2D eigenvalue weighted by Gasteiger charge is -2.34. The van der Waals surface area contributed by atoms with E-state index < -0.39 is 17.5 Å². The van der Waals surface area contributed by atoms with Gasteiger partial charge in [-0.25, -0.2) is 8.78 Å². The topological polar surface area (TPSA) is 32.3 Å². The van der Waals surface area contributed by atoms with Gasteiger partial charge >= 0.3 is 0 Å². The molecule has 100 valence electrons. The molecular formula is C12H15ClF2N2O. The lowest BCUT2D eigenvalue weighted by Crippen LogP contribution is -2.52. The minimum absolute atomic E-state index is 0. The highest BCUT2D eigenvalue weighted by Crippen LogP contribution is 2.16. The molecule has 6 heteroatoms. The second kappa shape index (κ2) is 6.11. The van der Waals surface area contributed by atoms with E-state index in [0.29, 0.717) is 19.6 Å². The third kappa shape index (κ3) is 2.79. The van der Waals surface area contributed by atoms with Gasteiger partial charge in [-0.05, 0) is 19.1 Å². The predicted octanol–water partition coefficient (Wildman–Crippen LogP) is 1.82. The first-order valence-corrected chi connectivity index (χ1v) is 5.57. The SMILES string of the molecule is CC1CNCCN1C(=O)c1cccc(F)c1F.Cl. The number of amides is 1. The van der Waals surface area contributed by atoms with Crippen molar-refractivity contribution in [1.29, 1.82) is 0 Å². The van der Waals surface area contributed by atoms with Crippen LogP contribution in [0.15, 0.2) is 18.2 Å². The summed E-state index contributed by atoms with van der Waals surface area (Å²) in [4.78, 5) is 13.6. The van der Waals surface area contributed by atoms with Crippen LogP contribution in [0.3, 0.4) is 0 Å². The number of hydrogen-bond acceptors (Lipinski definition) is 2. The summed E-state index contributed by atoms with van der Waals surface area (Å²) in [5.74, 6) is -2.50. The molecule has 0 aliphatic carbocycles. The zero-order valence-corrected chi connectivity index (χ0v) is 10.8. The molecule has 1 fully saturated rings. The maximum absolute atomic E-state index is 13.5. The van der Waals surface area contributed by atoms with Gasteiger partial charge in [-0.1, -0.05) is 6.07 Å². The fourth-order valence-electron chi connectivity index (χ4n) is 1.97. The van der Waals surface area contributed by atoms with E-state index in [0.717, 1.165) is 6.07 Å². The van der Waals surface area contributed by atoms with Gasteiger partial charge in [0.15, 0.2) is 11.6 Å². The summed E-state index contributed by atoms with van der Waals surface area (Å²) in [6.45, 7) is 3.73. The fraction of sp³-hybridized carbons (Fsp3) is 0.417. The van der Waals surface area contributed by atoms with Crippen LogP contribution in [0.5, 0.6) is 0 Å². The summed E-state index contributed by atoms with van der Waals surface area (Å²) >= 11 is 0. The third-order valence-corrected chi connectivity index (χ3v) is 2.94. The Hall–Kier alpha value is -1.20. The van der Waals surface area contributed by atoms with Gasteiger partial charge in [0, 0.05) is 25.7 Å². The van der Waals surface area contributed by atoms with Crippen molar-refractivity contribution in [2.45, 2.75) is 13.0 Å². The van der Waals surface area contributed by atoms with E-state index in [1.807, 2.05) is 6.92 Å². The van der Waals surface area contributed by atoms with E-state index in [1.165, 1.54) is 12.1 Å². The molecule has 1 aromatic carbocycles. The Kier molecular flexibility index (Phi) is 5.04. The Morgan fingerprint density at radius 3 is 2.83 bits per heavy atom. The molecule has 1 saturated heterocycles. The molecular weight excluding hydrogens is 262 g/mol. The average molecular weight is 277 g/mol. The second-order valence-electron chi connectivity index (χ2n) is 4.15. The zero-order valence-electron chi connectivity index (χ0n) is 9.95. The van der Waals surface area contributed by atoms with Crippen LogP contribution in [-0.2, 0) is 0 Å². The minimum atomic E-state index is -1.07. The van der Waals surface area contributed by atoms with Crippen LogP contribution in [0.1, 0.15) is 17.3 Å². The first kappa shape index (κ1) is 14.9. The van der Waals surface area contributed by atoms with E-state index in [1.54, 1.807) is 4.90 Å². The number of benzene rings is 1. The maximum Gasteiger partial charge on any atom is 0.257 e. The number of halogens is 3. The number of piperazine rings is 1. The van der Waals surface area contributed by atoms with Crippen LogP contribution in [-0.4, -0.2) is 36.5 Å². The Labute approximate surface area is 111 Å². The molecule has 1 N–H and O–H groups in total. The highest BCUT2D eigenvalue weighted by Gasteiger charge is 2.26. The number of nitrogens with zero attached hydrogens (tertiary/aromatic N) is 1. The number of carbonyl (C=O) groups is 1. The molecule has 1 aliphatic heterocycles. The molecule has 3 nitrogen and oxygen atoms in total. The summed E-state index contributed by atoms with van der Waals surface area (Å²) in [6.07, 6.45) is 0. The molecule has 0 radical (unpaired) electrons. The van der Waals surface area contributed by atoms with E-state index in [9.17, 15) is 13.6 Å². The van der Waals surface area contributed by atoms with Crippen molar-refractivity contribution >= 4 is 18.3 Å². The second-order valence-corrected chi connectivity index (χ2v) is 4.15. The van der Waals surface area contributed by atoms with Crippen LogP contribution in [0.4, 0.5) is 8.78 Å². The molecule has 1 amide bonds. The third-order valence-electron chi connectivity index (χ3n) is 2.94. The first-order valence-electron chi connectivity index (χ1n) is 5.57. The van der Waals surface area contributed by atoms with Gasteiger partial charge in [-0.2, -0.15) is 0 Å². The minimum Gasteiger partial charge on any atom is -0.333 e. The first-order chi connectivity index (χ1) is 8.11.